The smallest absolute Gasteiger partial charge is 0.273 e. The highest BCUT2D eigenvalue weighted by molar-refractivity contribution is 6.00. The van der Waals surface area contributed by atoms with Crippen LogP contribution >= 0.6 is 0 Å². The molecule has 4 heteroatoms. The molecule has 1 N–H and O–H groups in total. The lowest BCUT2D eigenvalue weighted by Gasteiger charge is -2.29. The molecular formula is C21H21N3O. The van der Waals surface area contributed by atoms with Gasteiger partial charge in [-0.15, -0.1) is 0 Å². The van der Waals surface area contributed by atoms with Crippen molar-refractivity contribution in [2.24, 2.45) is 0 Å². The van der Waals surface area contributed by atoms with Gasteiger partial charge in [-0.25, -0.2) is 0 Å². The topological polar surface area (TPSA) is 49.0 Å². The van der Waals surface area contributed by atoms with E-state index in [2.05, 4.69) is 67.4 Å². The van der Waals surface area contributed by atoms with Gasteiger partial charge in [0.15, 0.2) is 0 Å². The van der Waals surface area contributed by atoms with E-state index in [0.717, 1.165) is 22.4 Å². The van der Waals surface area contributed by atoms with E-state index < -0.39 is 0 Å². The molecule has 4 rings (SSSR count). The zero-order chi connectivity index (χ0) is 17.6. The Balaban J connectivity index is 1.91. The first-order valence-corrected chi connectivity index (χ1v) is 8.61. The van der Waals surface area contributed by atoms with Crippen molar-refractivity contribution in [2.45, 2.75) is 32.9 Å². The van der Waals surface area contributed by atoms with Gasteiger partial charge in [0.2, 0.25) is 0 Å². The summed E-state index contributed by atoms with van der Waals surface area (Å²) in [5, 5.41) is 7.48. The summed E-state index contributed by atoms with van der Waals surface area (Å²) in [6.07, 6.45) is 0. The van der Waals surface area contributed by atoms with E-state index >= 15 is 0 Å². The van der Waals surface area contributed by atoms with Crippen molar-refractivity contribution in [3.63, 3.8) is 0 Å². The van der Waals surface area contributed by atoms with Crippen LogP contribution < -0.4 is 0 Å². The lowest BCUT2D eigenvalue weighted by molar-refractivity contribution is 0.0688. The molecule has 0 fully saturated rings. The van der Waals surface area contributed by atoms with Crippen LogP contribution in [0.15, 0.2) is 54.6 Å². The van der Waals surface area contributed by atoms with Gasteiger partial charge in [-0.05, 0) is 26.3 Å². The first-order chi connectivity index (χ1) is 12.1. The largest absolute Gasteiger partial charge is 0.324 e. The fraction of sp³-hybridized carbons (Fsp3) is 0.238. The number of aromatic amines is 1. The Morgan fingerprint density at radius 1 is 1.04 bits per heavy atom. The number of nitrogens with one attached hydrogen (secondary N) is 1. The molecule has 2 aromatic carbocycles. The highest BCUT2D eigenvalue weighted by Crippen LogP contribution is 2.43. The van der Waals surface area contributed by atoms with Crippen LogP contribution in [0.4, 0.5) is 0 Å². The minimum absolute atomic E-state index is 0.0183. The van der Waals surface area contributed by atoms with Crippen LogP contribution in [0.5, 0.6) is 0 Å². The van der Waals surface area contributed by atoms with E-state index in [4.69, 9.17) is 0 Å². The molecule has 0 saturated heterocycles. The van der Waals surface area contributed by atoms with E-state index in [1.165, 1.54) is 5.56 Å². The summed E-state index contributed by atoms with van der Waals surface area (Å²) < 4.78 is 0. The van der Waals surface area contributed by atoms with Crippen LogP contribution in [-0.2, 0) is 0 Å². The normalized spacial score (nSPS) is 16.6. The minimum Gasteiger partial charge on any atom is -0.324 e. The first kappa shape index (κ1) is 15.6. The average Bonchev–Trinajstić information content (AvgIpc) is 3.16. The Hall–Kier alpha value is -2.88. The third kappa shape index (κ3) is 2.45. The maximum atomic E-state index is 13.0. The van der Waals surface area contributed by atoms with Crippen LogP contribution in [0, 0.1) is 6.92 Å². The van der Waals surface area contributed by atoms with E-state index in [-0.39, 0.29) is 18.0 Å². The number of aryl methyl sites for hydroxylation is 1. The summed E-state index contributed by atoms with van der Waals surface area (Å²) in [7, 11) is 0. The molecule has 0 bridgehead atoms. The molecule has 126 valence electrons. The number of hydrogen-bond acceptors (Lipinski definition) is 2. The summed E-state index contributed by atoms with van der Waals surface area (Å²) in [6.45, 7) is 6.17. The standard InChI is InChI=1S/C21H21N3O/c1-13(2)24-20(16-7-5-4-6-8-16)17-18(22-23-19(17)21(24)25)15-11-9-14(3)10-12-15/h4-13,20H,1-3H3,(H,22,23). The van der Waals surface area contributed by atoms with Gasteiger partial charge in [0.05, 0.1) is 11.7 Å². The van der Waals surface area contributed by atoms with Gasteiger partial charge in [-0.2, -0.15) is 5.10 Å². The molecule has 0 aliphatic carbocycles. The molecule has 0 spiro atoms. The van der Waals surface area contributed by atoms with Crippen LogP contribution in [-0.4, -0.2) is 27.0 Å². The van der Waals surface area contributed by atoms with Crippen LogP contribution in [0.2, 0.25) is 0 Å². The predicted octanol–water partition coefficient (Wildman–Crippen LogP) is 4.34. The summed E-state index contributed by atoms with van der Waals surface area (Å²) in [4.78, 5) is 14.9. The van der Waals surface area contributed by atoms with Crippen molar-refractivity contribution in [1.29, 1.82) is 0 Å². The maximum absolute atomic E-state index is 13.0. The molecule has 1 unspecified atom stereocenters. The lowest BCUT2D eigenvalue weighted by Crippen LogP contribution is -2.35. The van der Waals surface area contributed by atoms with E-state index in [1.807, 2.05) is 23.1 Å². The van der Waals surface area contributed by atoms with Crippen molar-refractivity contribution in [3.05, 3.63) is 77.0 Å². The number of nitrogens with zero attached hydrogens (tertiary/aromatic N) is 2. The van der Waals surface area contributed by atoms with Crippen molar-refractivity contribution < 1.29 is 4.79 Å². The second kappa shape index (κ2) is 5.88. The van der Waals surface area contributed by atoms with E-state index in [0.29, 0.717) is 5.69 Å². The number of H-pyrrole nitrogens is 1. The van der Waals surface area contributed by atoms with E-state index in [9.17, 15) is 4.79 Å². The minimum atomic E-state index is -0.112. The van der Waals surface area contributed by atoms with Crippen molar-refractivity contribution in [3.8, 4) is 11.3 Å². The number of aromatic nitrogens is 2. The highest BCUT2D eigenvalue weighted by Gasteiger charge is 2.43. The molecule has 1 aromatic heterocycles. The molecular weight excluding hydrogens is 310 g/mol. The average molecular weight is 331 g/mol. The van der Waals surface area contributed by atoms with Gasteiger partial charge in [0, 0.05) is 17.2 Å². The number of hydrogen-bond donors (Lipinski definition) is 1. The zero-order valence-corrected chi connectivity index (χ0v) is 14.7. The third-order valence-corrected chi connectivity index (χ3v) is 4.80. The monoisotopic (exact) mass is 331 g/mol. The molecule has 1 amide bonds. The summed E-state index contributed by atoms with van der Waals surface area (Å²) in [6, 6.07) is 18.5. The maximum Gasteiger partial charge on any atom is 0.273 e. The van der Waals surface area contributed by atoms with Gasteiger partial charge >= 0.3 is 0 Å². The SMILES string of the molecule is Cc1ccc(-c2n[nH]c3c2C(c2ccccc2)N(C(C)C)C3=O)cc1. The zero-order valence-electron chi connectivity index (χ0n) is 14.7. The van der Waals surface area contributed by atoms with E-state index in [1.54, 1.807) is 0 Å². The summed E-state index contributed by atoms with van der Waals surface area (Å²) in [5.74, 6) is 0.0183. The quantitative estimate of drug-likeness (QED) is 0.776. The Labute approximate surface area is 147 Å². The van der Waals surface area contributed by atoms with Gasteiger partial charge in [0.25, 0.3) is 5.91 Å². The molecule has 2 heterocycles. The van der Waals surface area contributed by atoms with Gasteiger partial charge < -0.3 is 4.90 Å². The molecule has 1 atom stereocenters. The number of rotatable bonds is 3. The first-order valence-electron chi connectivity index (χ1n) is 8.61. The molecule has 4 nitrogen and oxygen atoms in total. The van der Waals surface area contributed by atoms with Crippen molar-refractivity contribution in [2.75, 3.05) is 0 Å². The lowest BCUT2D eigenvalue weighted by atomic mass is 9.95. The highest BCUT2D eigenvalue weighted by atomic mass is 16.2. The Bertz CT molecular complexity index is 910. The second-order valence-electron chi connectivity index (χ2n) is 6.85. The fourth-order valence-electron chi connectivity index (χ4n) is 3.59. The van der Waals surface area contributed by atoms with Gasteiger partial charge in [-0.3, -0.25) is 9.89 Å². The third-order valence-electron chi connectivity index (χ3n) is 4.80. The van der Waals surface area contributed by atoms with Crippen LogP contribution in [0.1, 0.15) is 47.1 Å². The number of carbonyl (C=O) groups excluding carboxylic acids is 1. The van der Waals surface area contributed by atoms with Gasteiger partial charge in [-0.1, -0.05) is 60.2 Å². The molecule has 0 radical (unpaired) electrons. The Kier molecular flexibility index (Phi) is 3.68. The second-order valence-corrected chi connectivity index (χ2v) is 6.85. The molecule has 0 saturated carbocycles. The summed E-state index contributed by atoms with van der Waals surface area (Å²) >= 11 is 0. The van der Waals surface area contributed by atoms with Gasteiger partial charge in [0.1, 0.15) is 5.69 Å². The van der Waals surface area contributed by atoms with Crippen LogP contribution in [0.25, 0.3) is 11.3 Å². The number of amides is 1. The number of benzene rings is 2. The number of fused-ring (bicyclic) bond motifs is 1. The molecule has 25 heavy (non-hydrogen) atoms. The van der Waals surface area contributed by atoms with Crippen molar-refractivity contribution >= 4 is 5.91 Å². The predicted molar refractivity (Wildman–Crippen MR) is 98.4 cm³/mol. The number of carbonyl (C=O) groups is 1. The van der Waals surface area contributed by atoms with Crippen LogP contribution in [0.3, 0.4) is 0 Å². The molecule has 1 aliphatic heterocycles. The Morgan fingerprint density at radius 3 is 2.36 bits per heavy atom. The molecule has 1 aliphatic rings. The fourth-order valence-corrected chi connectivity index (χ4v) is 3.59. The molecule has 3 aromatic rings. The summed E-state index contributed by atoms with van der Waals surface area (Å²) in [5.41, 5.74) is 5.79. The van der Waals surface area contributed by atoms with Crippen molar-refractivity contribution in [1.82, 2.24) is 15.1 Å². The Morgan fingerprint density at radius 2 is 1.72 bits per heavy atom.